The maximum absolute atomic E-state index is 5.85. The SMILES string of the molecule is CN=C(NCc1ccc(C)cc1)NC1C2CCOC2C1(C)C.I. The number of halogens is 1. The molecule has 2 N–H and O–H groups in total. The highest BCUT2D eigenvalue weighted by Crippen LogP contribution is 2.52. The number of aryl methyl sites for hydroxylation is 1. The fourth-order valence-corrected chi connectivity index (χ4v) is 3.85. The molecule has 23 heavy (non-hydrogen) atoms. The second kappa shape index (κ2) is 7.38. The monoisotopic (exact) mass is 429 g/mol. The summed E-state index contributed by atoms with van der Waals surface area (Å²) in [5.41, 5.74) is 2.72. The maximum Gasteiger partial charge on any atom is 0.191 e. The van der Waals surface area contributed by atoms with Crippen LogP contribution in [-0.4, -0.2) is 31.8 Å². The van der Waals surface area contributed by atoms with E-state index in [0.717, 1.165) is 25.5 Å². The third kappa shape index (κ3) is 3.65. The van der Waals surface area contributed by atoms with Crippen molar-refractivity contribution in [2.45, 2.75) is 45.9 Å². The zero-order chi connectivity index (χ0) is 15.7. The van der Waals surface area contributed by atoms with Crippen molar-refractivity contribution in [3.63, 3.8) is 0 Å². The molecule has 4 nitrogen and oxygen atoms in total. The van der Waals surface area contributed by atoms with Crippen molar-refractivity contribution >= 4 is 29.9 Å². The van der Waals surface area contributed by atoms with Crippen LogP contribution < -0.4 is 10.6 Å². The highest BCUT2D eigenvalue weighted by atomic mass is 127. The number of benzene rings is 1. The molecule has 1 saturated heterocycles. The third-order valence-corrected chi connectivity index (χ3v) is 5.20. The Bertz CT molecular complexity index is 556. The molecule has 0 radical (unpaired) electrons. The summed E-state index contributed by atoms with van der Waals surface area (Å²) in [5, 5.41) is 7.03. The highest BCUT2D eigenvalue weighted by Gasteiger charge is 2.59. The van der Waals surface area contributed by atoms with E-state index in [0.29, 0.717) is 18.1 Å². The molecule has 2 fully saturated rings. The highest BCUT2D eigenvalue weighted by molar-refractivity contribution is 14.0. The van der Waals surface area contributed by atoms with Gasteiger partial charge in [0.15, 0.2) is 5.96 Å². The Morgan fingerprint density at radius 2 is 2.00 bits per heavy atom. The average molecular weight is 429 g/mol. The number of rotatable bonds is 3. The van der Waals surface area contributed by atoms with Crippen LogP contribution in [0.4, 0.5) is 0 Å². The normalized spacial score (nSPS) is 28.3. The number of nitrogens with one attached hydrogen (secondary N) is 2. The van der Waals surface area contributed by atoms with Crippen molar-refractivity contribution in [2.75, 3.05) is 13.7 Å². The van der Waals surface area contributed by atoms with Crippen molar-refractivity contribution in [1.29, 1.82) is 0 Å². The zero-order valence-electron chi connectivity index (χ0n) is 14.4. The van der Waals surface area contributed by atoms with Gasteiger partial charge in [-0.1, -0.05) is 43.7 Å². The first kappa shape index (κ1) is 18.5. The summed E-state index contributed by atoms with van der Waals surface area (Å²) < 4.78 is 5.85. The average Bonchev–Trinajstić information content (AvgIpc) is 2.96. The fourth-order valence-electron chi connectivity index (χ4n) is 3.85. The molecule has 0 amide bonds. The van der Waals surface area contributed by atoms with E-state index in [-0.39, 0.29) is 29.4 Å². The predicted molar refractivity (Wildman–Crippen MR) is 105 cm³/mol. The quantitative estimate of drug-likeness (QED) is 0.441. The van der Waals surface area contributed by atoms with Crippen LogP contribution in [0.25, 0.3) is 0 Å². The summed E-state index contributed by atoms with van der Waals surface area (Å²) in [7, 11) is 1.83. The summed E-state index contributed by atoms with van der Waals surface area (Å²) >= 11 is 0. The molecule has 1 heterocycles. The minimum atomic E-state index is 0. The Kier molecular flexibility index (Phi) is 5.94. The van der Waals surface area contributed by atoms with Crippen LogP contribution in [-0.2, 0) is 11.3 Å². The second-order valence-electron chi connectivity index (χ2n) is 7.10. The van der Waals surface area contributed by atoms with Gasteiger partial charge < -0.3 is 15.4 Å². The van der Waals surface area contributed by atoms with E-state index in [1.165, 1.54) is 11.1 Å². The molecular formula is C18H28IN3O. The number of hydrogen-bond donors (Lipinski definition) is 2. The van der Waals surface area contributed by atoms with Crippen molar-refractivity contribution in [2.24, 2.45) is 16.3 Å². The van der Waals surface area contributed by atoms with Gasteiger partial charge in [0.1, 0.15) is 0 Å². The summed E-state index contributed by atoms with van der Waals surface area (Å²) in [5.74, 6) is 1.50. The van der Waals surface area contributed by atoms with Gasteiger partial charge in [0.05, 0.1) is 6.10 Å². The Hall–Kier alpha value is -0.820. The molecule has 3 unspecified atom stereocenters. The summed E-state index contributed by atoms with van der Waals surface area (Å²) in [6.45, 7) is 8.36. The molecule has 1 saturated carbocycles. The molecule has 1 aromatic rings. The van der Waals surface area contributed by atoms with Gasteiger partial charge in [-0.15, -0.1) is 24.0 Å². The topological polar surface area (TPSA) is 45.7 Å². The summed E-state index contributed by atoms with van der Waals surface area (Å²) in [4.78, 5) is 4.38. The van der Waals surface area contributed by atoms with E-state index in [1.54, 1.807) is 0 Å². The number of fused-ring (bicyclic) bond motifs is 1. The molecule has 0 bridgehead atoms. The molecule has 1 aromatic carbocycles. The van der Waals surface area contributed by atoms with Crippen molar-refractivity contribution in [3.8, 4) is 0 Å². The molecule has 1 aliphatic heterocycles. The van der Waals surface area contributed by atoms with Gasteiger partial charge >= 0.3 is 0 Å². The molecule has 0 spiro atoms. The second-order valence-corrected chi connectivity index (χ2v) is 7.10. The van der Waals surface area contributed by atoms with Crippen LogP contribution >= 0.6 is 24.0 Å². The van der Waals surface area contributed by atoms with Crippen LogP contribution in [0.5, 0.6) is 0 Å². The van der Waals surface area contributed by atoms with Crippen LogP contribution in [0.3, 0.4) is 0 Å². The lowest BCUT2D eigenvalue weighted by Gasteiger charge is -2.54. The lowest BCUT2D eigenvalue weighted by Crippen LogP contribution is -2.67. The van der Waals surface area contributed by atoms with E-state index < -0.39 is 0 Å². The first-order valence-electron chi connectivity index (χ1n) is 8.16. The minimum Gasteiger partial charge on any atom is -0.377 e. The van der Waals surface area contributed by atoms with Crippen molar-refractivity contribution < 1.29 is 4.74 Å². The molecule has 128 valence electrons. The van der Waals surface area contributed by atoms with Crippen LogP contribution in [0.2, 0.25) is 0 Å². The van der Waals surface area contributed by atoms with Gasteiger partial charge in [0, 0.05) is 37.6 Å². The van der Waals surface area contributed by atoms with Crippen LogP contribution in [0, 0.1) is 18.3 Å². The van der Waals surface area contributed by atoms with E-state index in [9.17, 15) is 0 Å². The number of nitrogens with zero attached hydrogens (tertiary/aromatic N) is 1. The van der Waals surface area contributed by atoms with Gasteiger partial charge in [-0.05, 0) is 18.9 Å². The number of aliphatic imine (C=N–C) groups is 1. The minimum absolute atomic E-state index is 0. The molecular weight excluding hydrogens is 401 g/mol. The van der Waals surface area contributed by atoms with Crippen molar-refractivity contribution in [1.82, 2.24) is 10.6 Å². The molecule has 0 aromatic heterocycles. The van der Waals surface area contributed by atoms with E-state index >= 15 is 0 Å². The van der Waals surface area contributed by atoms with Gasteiger partial charge in [-0.25, -0.2) is 0 Å². The van der Waals surface area contributed by atoms with E-state index in [2.05, 4.69) is 60.7 Å². The molecule has 1 aliphatic carbocycles. The predicted octanol–water partition coefficient (Wildman–Crippen LogP) is 3.09. The molecule has 2 aliphatic rings. The largest absolute Gasteiger partial charge is 0.377 e. The van der Waals surface area contributed by atoms with Gasteiger partial charge in [0.25, 0.3) is 0 Å². The van der Waals surface area contributed by atoms with Crippen LogP contribution in [0.15, 0.2) is 29.3 Å². The fraction of sp³-hybridized carbons (Fsp3) is 0.611. The standard InChI is InChI=1S/C18H27N3O.HI/c1-12-5-7-13(8-6-12)11-20-17(19-4)21-15-14-9-10-22-16(14)18(15,2)3;/h5-8,14-16H,9-11H2,1-4H3,(H2,19,20,21);1H. The smallest absolute Gasteiger partial charge is 0.191 e. The Labute approximate surface area is 156 Å². The van der Waals surface area contributed by atoms with Gasteiger partial charge in [-0.3, -0.25) is 4.99 Å². The number of hydrogen-bond acceptors (Lipinski definition) is 2. The first-order chi connectivity index (χ1) is 10.5. The van der Waals surface area contributed by atoms with E-state index in [1.807, 2.05) is 7.05 Å². The number of guanidine groups is 1. The Morgan fingerprint density at radius 3 is 2.65 bits per heavy atom. The lowest BCUT2D eigenvalue weighted by molar-refractivity contribution is -0.106. The maximum atomic E-state index is 5.85. The lowest BCUT2D eigenvalue weighted by atomic mass is 9.57. The Morgan fingerprint density at radius 1 is 1.30 bits per heavy atom. The van der Waals surface area contributed by atoms with Gasteiger partial charge in [0.2, 0.25) is 0 Å². The van der Waals surface area contributed by atoms with E-state index in [4.69, 9.17) is 4.74 Å². The Balaban J connectivity index is 0.00000192. The number of ether oxygens (including phenoxy) is 1. The van der Waals surface area contributed by atoms with Crippen molar-refractivity contribution in [3.05, 3.63) is 35.4 Å². The molecule has 3 atom stereocenters. The molecule has 3 rings (SSSR count). The van der Waals surface area contributed by atoms with Gasteiger partial charge in [-0.2, -0.15) is 0 Å². The first-order valence-corrected chi connectivity index (χ1v) is 8.16. The molecule has 5 heteroatoms. The van der Waals surface area contributed by atoms with Crippen LogP contribution in [0.1, 0.15) is 31.4 Å². The zero-order valence-corrected chi connectivity index (χ0v) is 16.8. The third-order valence-electron chi connectivity index (χ3n) is 5.20. The summed E-state index contributed by atoms with van der Waals surface area (Å²) in [6.07, 6.45) is 1.56. The summed E-state index contributed by atoms with van der Waals surface area (Å²) in [6, 6.07) is 9.03.